The number of thiazole rings is 1. The second-order valence-electron chi connectivity index (χ2n) is 8.94. The molecule has 0 bridgehead atoms. The monoisotopic (exact) mass is 499 g/mol. The number of rotatable bonds is 4. The van der Waals surface area contributed by atoms with E-state index in [1.165, 1.54) is 34.3 Å². The molecule has 2 aliphatic rings. The largest absolute Gasteiger partial charge is 0.498 e. The summed E-state index contributed by atoms with van der Waals surface area (Å²) < 4.78 is 1.82. The smallest absolute Gasteiger partial charge is 0.308 e. The molecule has 0 saturated heterocycles. The summed E-state index contributed by atoms with van der Waals surface area (Å²) in [6, 6.07) is 8.56. The van der Waals surface area contributed by atoms with Gasteiger partial charge >= 0.3 is 4.87 Å². The summed E-state index contributed by atoms with van der Waals surface area (Å²) in [5, 5.41) is 13.9. The quantitative estimate of drug-likeness (QED) is 0.506. The van der Waals surface area contributed by atoms with Crippen molar-refractivity contribution in [2.24, 2.45) is 9.98 Å². The highest BCUT2D eigenvalue weighted by atomic mass is 32.2. The number of amidine groups is 1. The number of aromatic amines is 1. The number of benzene rings is 1. The van der Waals surface area contributed by atoms with Gasteiger partial charge in [0.05, 0.1) is 10.6 Å². The van der Waals surface area contributed by atoms with E-state index < -0.39 is 0 Å². The standard InChI is InChI=1S/C23H25N5O2S3/c1-12-10-23(2,3)28(4)17-6-5-13(7-15(12)17)24-11-25-21-27-19-18(32-21)9-14(31-19)8-16-20(29)33-22(30)26-16/h5-9,12,24,29H,10-11H2,1-4H3,(H,26,30). The molecule has 2 aliphatic heterocycles. The Morgan fingerprint density at radius 1 is 1.36 bits per heavy atom. The SMILES string of the molecule is CC1CC(C)(C)N(C)c2ccc(NCN=C3N=c4sc(=Cc5[nH]c(=O)sc5O)cc4S3)cc21. The van der Waals surface area contributed by atoms with Crippen molar-refractivity contribution in [2.45, 2.75) is 43.5 Å². The number of nitrogens with zero attached hydrogens (tertiary/aromatic N) is 3. The lowest BCUT2D eigenvalue weighted by molar-refractivity contribution is 0.395. The predicted octanol–water partition coefficient (Wildman–Crippen LogP) is 3.91. The lowest BCUT2D eigenvalue weighted by atomic mass is 9.80. The molecule has 0 spiro atoms. The number of thioether (sulfide) groups is 1. The van der Waals surface area contributed by atoms with Gasteiger partial charge in [0.25, 0.3) is 0 Å². The molecule has 1 aromatic carbocycles. The van der Waals surface area contributed by atoms with E-state index in [0.29, 0.717) is 18.3 Å². The zero-order chi connectivity index (χ0) is 23.3. The molecule has 3 aromatic rings. The summed E-state index contributed by atoms with van der Waals surface area (Å²) >= 11 is 3.83. The van der Waals surface area contributed by atoms with Crippen LogP contribution in [0.25, 0.3) is 6.08 Å². The predicted molar refractivity (Wildman–Crippen MR) is 139 cm³/mol. The van der Waals surface area contributed by atoms with Crippen LogP contribution in [0.15, 0.2) is 43.9 Å². The van der Waals surface area contributed by atoms with Crippen LogP contribution in [0, 0.1) is 0 Å². The minimum atomic E-state index is -0.270. The Balaban J connectivity index is 1.28. The average molecular weight is 500 g/mol. The van der Waals surface area contributed by atoms with Gasteiger partial charge in [-0.2, -0.15) is 0 Å². The highest BCUT2D eigenvalue weighted by Gasteiger charge is 2.34. The molecule has 5 rings (SSSR count). The van der Waals surface area contributed by atoms with Crippen LogP contribution in [0.1, 0.15) is 44.4 Å². The van der Waals surface area contributed by atoms with Crippen molar-refractivity contribution in [3.05, 3.63) is 54.4 Å². The molecule has 0 radical (unpaired) electrons. The molecular weight excluding hydrogens is 474 g/mol. The molecule has 7 nitrogen and oxygen atoms in total. The molecule has 3 N–H and O–H groups in total. The fourth-order valence-electron chi connectivity index (χ4n) is 4.34. The number of H-pyrrole nitrogens is 1. The molecule has 1 unspecified atom stereocenters. The first kappa shape index (κ1) is 22.2. The summed E-state index contributed by atoms with van der Waals surface area (Å²) in [7, 11) is 2.17. The van der Waals surface area contributed by atoms with Crippen molar-refractivity contribution in [1.82, 2.24) is 4.98 Å². The summed E-state index contributed by atoms with van der Waals surface area (Å²) in [4.78, 5) is 26.3. The Labute approximate surface area is 203 Å². The molecule has 0 amide bonds. The van der Waals surface area contributed by atoms with E-state index in [4.69, 9.17) is 0 Å². The van der Waals surface area contributed by atoms with E-state index in [2.05, 4.69) is 71.2 Å². The molecule has 1 atom stereocenters. The van der Waals surface area contributed by atoms with Crippen LogP contribution >= 0.6 is 34.4 Å². The van der Waals surface area contributed by atoms with Crippen molar-refractivity contribution in [3.8, 4) is 5.06 Å². The number of thiophene rings is 1. The third-order valence-electron chi connectivity index (χ3n) is 6.17. The van der Waals surface area contributed by atoms with Crippen LogP contribution in [0.4, 0.5) is 11.4 Å². The average Bonchev–Trinajstić information content (AvgIpc) is 3.39. The Bertz CT molecular complexity index is 1430. The molecular formula is C23H25N5O2S3. The van der Waals surface area contributed by atoms with Crippen LogP contribution in [0.3, 0.4) is 0 Å². The van der Waals surface area contributed by atoms with E-state index in [1.54, 1.807) is 6.08 Å². The first-order valence-electron chi connectivity index (χ1n) is 10.7. The van der Waals surface area contributed by atoms with Crippen molar-refractivity contribution >= 4 is 57.1 Å². The van der Waals surface area contributed by atoms with Crippen molar-refractivity contribution in [1.29, 1.82) is 0 Å². The highest BCUT2D eigenvalue weighted by Crippen LogP contribution is 2.43. The molecule has 10 heteroatoms. The fraction of sp³-hybridized carbons (Fsp3) is 0.348. The second-order valence-corrected chi connectivity index (χ2v) is 12.0. The molecule has 33 heavy (non-hydrogen) atoms. The fourth-order valence-corrected chi connectivity index (χ4v) is 6.93. The van der Waals surface area contributed by atoms with Crippen molar-refractivity contribution in [2.75, 3.05) is 23.9 Å². The molecule has 172 valence electrons. The summed E-state index contributed by atoms with van der Waals surface area (Å²) in [5.74, 6) is 0.510. The topological polar surface area (TPSA) is 93.1 Å². The van der Waals surface area contributed by atoms with Crippen LogP contribution in [-0.4, -0.2) is 34.5 Å². The number of aromatic hydroxyl groups is 1. The Morgan fingerprint density at radius 2 is 2.18 bits per heavy atom. The Morgan fingerprint density at radius 3 is 2.91 bits per heavy atom. The van der Waals surface area contributed by atoms with Gasteiger partial charge in [-0.05, 0) is 85.2 Å². The lowest BCUT2D eigenvalue weighted by Gasteiger charge is -2.45. The van der Waals surface area contributed by atoms with Gasteiger partial charge in [0, 0.05) is 28.5 Å². The van der Waals surface area contributed by atoms with E-state index >= 15 is 0 Å². The lowest BCUT2D eigenvalue weighted by Crippen LogP contribution is -2.45. The van der Waals surface area contributed by atoms with Crippen molar-refractivity contribution < 1.29 is 5.11 Å². The second kappa shape index (κ2) is 8.34. The maximum absolute atomic E-state index is 11.4. The summed E-state index contributed by atoms with van der Waals surface area (Å²) in [6.07, 6.45) is 2.89. The van der Waals surface area contributed by atoms with Crippen LogP contribution in [0.5, 0.6) is 5.06 Å². The number of aliphatic imine (C=N–C) groups is 1. The van der Waals surface area contributed by atoms with E-state index in [1.807, 2.05) is 6.07 Å². The molecule has 0 saturated carbocycles. The number of fused-ring (bicyclic) bond motifs is 2. The Kier molecular flexibility index (Phi) is 5.62. The zero-order valence-electron chi connectivity index (χ0n) is 18.8. The van der Waals surface area contributed by atoms with Gasteiger partial charge in [-0.25, -0.2) is 9.98 Å². The molecule has 0 aliphatic carbocycles. The summed E-state index contributed by atoms with van der Waals surface area (Å²) in [5.41, 5.74) is 4.33. The van der Waals surface area contributed by atoms with Gasteiger partial charge in [0.2, 0.25) is 0 Å². The Hall–Kier alpha value is -2.56. The molecule has 2 aromatic heterocycles. The van der Waals surface area contributed by atoms with E-state index in [0.717, 1.165) is 42.7 Å². The zero-order valence-corrected chi connectivity index (χ0v) is 21.2. The minimum absolute atomic E-state index is 0.00148. The van der Waals surface area contributed by atoms with Crippen LogP contribution in [0.2, 0.25) is 0 Å². The summed E-state index contributed by atoms with van der Waals surface area (Å²) in [6.45, 7) is 7.35. The van der Waals surface area contributed by atoms with Gasteiger partial charge in [-0.1, -0.05) is 6.92 Å². The third-order valence-corrected chi connectivity index (χ3v) is 8.91. The maximum Gasteiger partial charge on any atom is 0.308 e. The number of nitrogens with one attached hydrogen (secondary N) is 2. The molecule has 4 heterocycles. The van der Waals surface area contributed by atoms with Crippen LogP contribution in [-0.2, 0) is 0 Å². The van der Waals surface area contributed by atoms with E-state index in [-0.39, 0.29) is 15.5 Å². The van der Waals surface area contributed by atoms with Gasteiger partial charge in [-0.15, -0.1) is 11.3 Å². The van der Waals surface area contributed by atoms with Crippen molar-refractivity contribution in [3.63, 3.8) is 0 Å². The first-order chi connectivity index (χ1) is 15.7. The van der Waals surface area contributed by atoms with Crippen LogP contribution < -0.4 is 24.3 Å². The highest BCUT2D eigenvalue weighted by molar-refractivity contribution is 8.14. The maximum atomic E-state index is 11.4. The first-order valence-corrected chi connectivity index (χ1v) is 13.1. The van der Waals surface area contributed by atoms with Gasteiger partial charge in [0.1, 0.15) is 11.3 Å². The number of hydrogen-bond acceptors (Lipinski definition) is 8. The minimum Gasteiger partial charge on any atom is -0.498 e. The number of anilines is 2. The third kappa shape index (κ3) is 4.34. The number of hydrogen-bond donors (Lipinski definition) is 3. The van der Waals surface area contributed by atoms with E-state index in [9.17, 15) is 9.90 Å². The van der Waals surface area contributed by atoms with Gasteiger partial charge in [-0.3, -0.25) is 4.79 Å². The number of aromatic nitrogens is 1. The van der Waals surface area contributed by atoms with Gasteiger partial charge < -0.3 is 20.3 Å². The normalized spacial score (nSPS) is 20.6. The molecule has 0 fully saturated rings. The van der Waals surface area contributed by atoms with Gasteiger partial charge in [0.15, 0.2) is 10.2 Å².